The Labute approximate surface area is 78.2 Å². The lowest BCUT2D eigenvalue weighted by atomic mass is 10.1. The molecule has 0 bridgehead atoms. The molecule has 2 rings (SSSR count). The van der Waals surface area contributed by atoms with Crippen LogP contribution in [0.5, 0.6) is 11.5 Å². The zero-order chi connectivity index (χ0) is 10.1. The molecule has 0 N–H and O–H groups in total. The number of benzene rings is 1. The van der Waals surface area contributed by atoms with Gasteiger partial charge in [0.15, 0.2) is 18.1 Å². The van der Waals surface area contributed by atoms with Gasteiger partial charge in [-0.05, 0) is 12.1 Å². The number of ketones is 1. The molecule has 0 fully saturated rings. The van der Waals surface area contributed by atoms with Gasteiger partial charge in [0.1, 0.15) is 0 Å². The van der Waals surface area contributed by atoms with Crippen molar-refractivity contribution in [1.82, 2.24) is 0 Å². The van der Waals surface area contributed by atoms with Gasteiger partial charge in [-0.3, -0.25) is 4.79 Å². The summed E-state index contributed by atoms with van der Waals surface area (Å²) in [6, 6.07) is 4.33. The Morgan fingerprint density at radius 1 is 1.43 bits per heavy atom. The zero-order valence-corrected chi connectivity index (χ0v) is 7.00. The molecule has 0 aliphatic carbocycles. The van der Waals surface area contributed by atoms with Crippen molar-refractivity contribution in [2.75, 3.05) is 6.61 Å². The summed E-state index contributed by atoms with van der Waals surface area (Å²) < 4.78 is 33.0. The van der Waals surface area contributed by atoms with Gasteiger partial charge < -0.3 is 9.47 Å². The smallest absolute Gasteiger partial charge is 0.387 e. The minimum Gasteiger partial charge on any atom is -0.481 e. The van der Waals surface area contributed by atoms with Crippen LogP contribution in [0.2, 0.25) is 0 Å². The molecule has 1 aromatic rings. The maximum absolute atomic E-state index is 11.9. The van der Waals surface area contributed by atoms with Crippen LogP contribution in [-0.2, 0) is 0 Å². The number of Topliss-reactive ketones (excluding diaryl/α,β-unsaturated/α-hetero) is 1. The molecule has 0 aromatic heterocycles. The van der Waals surface area contributed by atoms with E-state index in [9.17, 15) is 13.6 Å². The SMILES string of the molecule is O=C1COc2c(OC(F)F)cccc21. The second kappa shape index (κ2) is 3.25. The first-order chi connectivity index (χ1) is 6.68. The number of ether oxygens (including phenoxy) is 2. The van der Waals surface area contributed by atoms with Crippen molar-refractivity contribution in [3.8, 4) is 11.5 Å². The molecule has 0 saturated heterocycles. The summed E-state index contributed by atoms with van der Waals surface area (Å²) in [5, 5.41) is 0. The average molecular weight is 200 g/mol. The summed E-state index contributed by atoms with van der Waals surface area (Å²) >= 11 is 0. The van der Waals surface area contributed by atoms with Crippen molar-refractivity contribution in [1.29, 1.82) is 0 Å². The number of para-hydroxylation sites is 1. The number of rotatable bonds is 2. The third-order valence-corrected chi connectivity index (χ3v) is 1.84. The predicted molar refractivity (Wildman–Crippen MR) is 42.9 cm³/mol. The predicted octanol–water partition coefficient (Wildman–Crippen LogP) is 1.86. The summed E-state index contributed by atoms with van der Waals surface area (Å²) in [7, 11) is 0. The van der Waals surface area contributed by atoms with Crippen molar-refractivity contribution in [3.05, 3.63) is 23.8 Å². The quantitative estimate of drug-likeness (QED) is 0.730. The minimum absolute atomic E-state index is 0.0941. The third-order valence-electron chi connectivity index (χ3n) is 1.84. The number of carbonyl (C=O) groups excluding carboxylic acids is 1. The van der Waals surface area contributed by atoms with Crippen LogP contribution in [0.25, 0.3) is 0 Å². The van der Waals surface area contributed by atoms with Crippen LogP contribution in [-0.4, -0.2) is 19.0 Å². The summed E-state index contributed by atoms with van der Waals surface area (Å²) in [6.07, 6.45) is 0. The van der Waals surface area contributed by atoms with Gasteiger partial charge in [0.25, 0.3) is 0 Å². The van der Waals surface area contributed by atoms with Gasteiger partial charge in [-0.1, -0.05) is 6.07 Å². The average Bonchev–Trinajstić information content (AvgIpc) is 2.49. The maximum Gasteiger partial charge on any atom is 0.387 e. The number of halogens is 2. The Kier molecular flexibility index (Phi) is 2.07. The number of alkyl halides is 2. The fourth-order valence-corrected chi connectivity index (χ4v) is 1.29. The Balaban J connectivity index is 2.39. The Bertz CT molecular complexity index is 376. The van der Waals surface area contributed by atoms with Crippen LogP contribution in [0, 0.1) is 0 Å². The molecule has 0 unspecified atom stereocenters. The van der Waals surface area contributed by atoms with Crippen LogP contribution < -0.4 is 9.47 Å². The molecule has 5 heteroatoms. The molecule has 0 spiro atoms. The second-order valence-corrected chi connectivity index (χ2v) is 2.72. The van der Waals surface area contributed by atoms with Gasteiger partial charge in [0.05, 0.1) is 5.56 Å². The normalized spacial score (nSPS) is 14.1. The fourth-order valence-electron chi connectivity index (χ4n) is 1.29. The monoisotopic (exact) mass is 200 g/mol. The van der Waals surface area contributed by atoms with Crippen LogP contribution in [0.4, 0.5) is 8.78 Å². The van der Waals surface area contributed by atoms with E-state index >= 15 is 0 Å². The van der Waals surface area contributed by atoms with Crippen molar-refractivity contribution < 1.29 is 23.0 Å². The van der Waals surface area contributed by atoms with Crippen molar-refractivity contribution >= 4 is 5.78 Å². The van der Waals surface area contributed by atoms with E-state index in [1.54, 1.807) is 0 Å². The van der Waals surface area contributed by atoms with E-state index < -0.39 is 6.61 Å². The molecule has 0 radical (unpaired) electrons. The molecule has 0 saturated carbocycles. The van der Waals surface area contributed by atoms with Crippen molar-refractivity contribution in [2.45, 2.75) is 6.61 Å². The number of fused-ring (bicyclic) bond motifs is 1. The molecule has 14 heavy (non-hydrogen) atoms. The summed E-state index contributed by atoms with van der Waals surface area (Å²) in [4.78, 5) is 11.1. The Morgan fingerprint density at radius 2 is 2.21 bits per heavy atom. The van der Waals surface area contributed by atoms with E-state index in [0.717, 1.165) is 0 Å². The molecule has 74 valence electrons. The second-order valence-electron chi connectivity index (χ2n) is 2.72. The molecule has 3 nitrogen and oxygen atoms in total. The van der Waals surface area contributed by atoms with Crippen LogP contribution >= 0.6 is 0 Å². The maximum atomic E-state index is 11.9. The largest absolute Gasteiger partial charge is 0.481 e. The zero-order valence-electron chi connectivity index (χ0n) is 7.00. The van der Waals surface area contributed by atoms with Gasteiger partial charge in [-0.2, -0.15) is 8.78 Å². The summed E-state index contributed by atoms with van der Waals surface area (Å²) in [6.45, 7) is -3.03. The highest BCUT2D eigenvalue weighted by atomic mass is 19.3. The van der Waals surface area contributed by atoms with Gasteiger partial charge in [-0.15, -0.1) is 0 Å². The highest BCUT2D eigenvalue weighted by molar-refractivity contribution is 6.03. The summed E-state index contributed by atoms with van der Waals surface area (Å²) in [5.74, 6) is -0.208. The van der Waals surface area contributed by atoms with Crippen LogP contribution in [0.1, 0.15) is 10.4 Å². The van der Waals surface area contributed by atoms with E-state index in [0.29, 0.717) is 5.56 Å². The van der Waals surface area contributed by atoms with E-state index in [-0.39, 0.29) is 23.9 Å². The third kappa shape index (κ3) is 1.41. The minimum atomic E-state index is -2.92. The van der Waals surface area contributed by atoms with E-state index in [1.807, 2.05) is 0 Å². The lowest BCUT2D eigenvalue weighted by molar-refractivity contribution is -0.0511. The molecule has 0 amide bonds. The lowest BCUT2D eigenvalue weighted by Gasteiger charge is -2.07. The molecule has 1 heterocycles. The van der Waals surface area contributed by atoms with E-state index in [4.69, 9.17) is 4.74 Å². The first-order valence-electron chi connectivity index (χ1n) is 3.92. The number of hydrogen-bond donors (Lipinski definition) is 0. The van der Waals surface area contributed by atoms with Crippen molar-refractivity contribution in [2.24, 2.45) is 0 Å². The molecule has 0 atom stereocenters. The van der Waals surface area contributed by atoms with Gasteiger partial charge in [0.2, 0.25) is 5.78 Å². The lowest BCUT2D eigenvalue weighted by Crippen LogP contribution is -2.03. The molecule has 1 aliphatic rings. The summed E-state index contributed by atoms with van der Waals surface area (Å²) in [5.41, 5.74) is 0.295. The van der Waals surface area contributed by atoms with E-state index in [1.165, 1.54) is 18.2 Å². The molecule has 1 aromatic carbocycles. The first-order valence-corrected chi connectivity index (χ1v) is 3.92. The molecule has 1 aliphatic heterocycles. The van der Waals surface area contributed by atoms with Gasteiger partial charge >= 0.3 is 6.61 Å². The van der Waals surface area contributed by atoms with E-state index in [2.05, 4.69) is 4.74 Å². The first kappa shape index (κ1) is 8.93. The topological polar surface area (TPSA) is 35.5 Å². The van der Waals surface area contributed by atoms with Gasteiger partial charge in [-0.25, -0.2) is 0 Å². The molecular weight excluding hydrogens is 194 g/mol. The number of hydrogen-bond acceptors (Lipinski definition) is 3. The standard InChI is InChI=1S/C9H6F2O3/c10-9(11)14-7-3-1-2-5-6(12)4-13-8(5)7/h1-3,9H,4H2. The number of carbonyl (C=O) groups is 1. The van der Waals surface area contributed by atoms with Gasteiger partial charge in [0, 0.05) is 0 Å². The highest BCUT2D eigenvalue weighted by Gasteiger charge is 2.25. The highest BCUT2D eigenvalue weighted by Crippen LogP contribution is 2.35. The molecular formula is C9H6F2O3. The van der Waals surface area contributed by atoms with Crippen LogP contribution in [0.15, 0.2) is 18.2 Å². The Hall–Kier alpha value is -1.65. The van der Waals surface area contributed by atoms with Crippen molar-refractivity contribution in [3.63, 3.8) is 0 Å². The van der Waals surface area contributed by atoms with Crippen LogP contribution in [0.3, 0.4) is 0 Å². The Morgan fingerprint density at radius 3 is 2.93 bits per heavy atom. The fraction of sp³-hybridized carbons (Fsp3) is 0.222.